The van der Waals surface area contributed by atoms with E-state index in [2.05, 4.69) is 10.3 Å². The molecular weight excluding hydrogens is 268 g/mol. The van der Waals surface area contributed by atoms with Gasteiger partial charge in [-0.3, -0.25) is 4.79 Å². The lowest BCUT2D eigenvalue weighted by Gasteiger charge is -2.27. The van der Waals surface area contributed by atoms with Crippen LogP contribution >= 0.6 is 23.6 Å². The van der Waals surface area contributed by atoms with Crippen molar-refractivity contribution >= 4 is 29.5 Å². The normalized spacial score (nSPS) is 23.9. The maximum Gasteiger partial charge on any atom is 0.225 e. The molecule has 2 heterocycles. The third kappa shape index (κ3) is 3.63. The second kappa shape index (κ2) is 5.95. The number of hydrogen-bond acceptors (Lipinski definition) is 4. The van der Waals surface area contributed by atoms with Crippen LogP contribution in [0.1, 0.15) is 30.3 Å². The highest BCUT2D eigenvalue weighted by Crippen LogP contribution is 2.16. The van der Waals surface area contributed by atoms with Gasteiger partial charge in [0.2, 0.25) is 5.91 Å². The van der Waals surface area contributed by atoms with E-state index in [0.717, 1.165) is 34.0 Å². The summed E-state index contributed by atoms with van der Waals surface area (Å²) >= 11 is 6.54. The number of hydrogen-bond donors (Lipinski definition) is 2. The molecule has 1 aromatic heterocycles. The van der Waals surface area contributed by atoms with Crippen molar-refractivity contribution in [2.75, 3.05) is 6.61 Å². The van der Waals surface area contributed by atoms with Crippen LogP contribution in [-0.4, -0.2) is 29.6 Å². The van der Waals surface area contributed by atoms with E-state index in [4.69, 9.17) is 17.0 Å². The number of aromatic amines is 1. The van der Waals surface area contributed by atoms with Crippen molar-refractivity contribution in [3.05, 3.63) is 14.5 Å². The first kappa shape index (κ1) is 13.7. The van der Waals surface area contributed by atoms with Crippen molar-refractivity contribution in [2.45, 2.75) is 45.3 Å². The summed E-state index contributed by atoms with van der Waals surface area (Å²) in [7, 11) is 0. The first-order valence-corrected chi connectivity index (χ1v) is 7.36. The lowest BCUT2D eigenvalue weighted by molar-refractivity contribution is -0.122. The first-order chi connectivity index (χ1) is 8.54. The van der Waals surface area contributed by atoms with Gasteiger partial charge in [0.25, 0.3) is 0 Å². The van der Waals surface area contributed by atoms with E-state index >= 15 is 0 Å². The predicted molar refractivity (Wildman–Crippen MR) is 74.5 cm³/mol. The first-order valence-electron chi connectivity index (χ1n) is 6.14. The summed E-state index contributed by atoms with van der Waals surface area (Å²) in [5, 5.41) is 3.07. The zero-order chi connectivity index (χ0) is 13.1. The summed E-state index contributed by atoms with van der Waals surface area (Å²) in [5.41, 5.74) is 1.00. The van der Waals surface area contributed by atoms with Crippen molar-refractivity contribution in [3.8, 4) is 0 Å². The molecule has 1 aliphatic rings. The Labute approximate surface area is 116 Å². The monoisotopic (exact) mass is 286 g/mol. The van der Waals surface area contributed by atoms with Crippen molar-refractivity contribution in [1.82, 2.24) is 10.3 Å². The Balaban J connectivity index is 1.88. The topological polar surface area (TPSA) is 54.1 Å². The Hall–Kier alpha value is -0.720. The van der Waals surface area contributed by atoms with E-state index in [1.54, 1.807) is 0 Å². The largest absolute Gasteiger partial charge is 0.378 e. The molecule has 2 N–H and O–H groups in total. The Morgan fingerprint density at radius 1 is 1.67 bits per heavy atom. The summed E-state index contributed by atoms with van der Waals surface area (Å²) in [5.74, 6) is 0.0717. The van der Waals surface area contributed by atoms with Crippen LogP contribution < -0.4 is 5.32 Å². The van der Waals surface area contributed by atoms with Crippen molar-refractivity contribution in [2.24, 2.45) is 0 Å². The Kier molecular flexibility index (Phi) is 4.53. The molecule has 2 rings (SSSR count). The molecule has 1 aliphatic heterocycles. The third-order valence-corrected chi connectivity index (χ3v) is 4.43. The number of aryl methyl sites for hydroxylation is 1. The van der Waals surface area contributed by atoms with Crippen LogP contribution in [0.4, 0.5) is 0 Å². The zero-order valence-corrected chi connectivity index (χ0v) is 12.2. The summed E-state index contributed by atoms with van der Waals surface area (Å²) < 4.78 is 6.19. The minimum absolute atomic E-state index is 0.0717. The highest BCUT2D eigenvalue weighted by atomic mass is 32.1. The number of carbonyl (C=O) groups excluding carboxylic acids is 1. The van der Waals surface area contributed by atoms with Gasteiger partial charge < -0.3 is 15.0 Å². The smallest absolute Gasteiger partial charge is 0.225 e. The number of carbonyl (C=O) groups is 1. The molecule has 4 nitrogen and oxygen atoms in total. The van der Waals surface area contributed by atoms with E-state index in [0.29, 0.717) is 6.42 Å². The molecule has 0 saturated carbocycles. The second-order valence-corrected chi connectivity index (χ2v) is 6.48. The number of amides is 1. The molecule has 2 unspecified atom stereocenters. The number of H-pyrrole nitrogens is 1. The van der Waals surface area contributed by atoms with Crippen LogP contribution in [0.2, 0.25) is 0 Å². The highest BCUT2D eigenvalue weighted by Gasteiger charge is 2.21. The fourth-order valence-electron chi connectivity index (χ4n) is 2.16. The Bertz CT molecular complexity index is 481. The van der Waals surface area contributed by atoms with Gasteiger partial charge in [0.05, 0.1) is 12.5 Å². The van der Waals surface area contributed by atoms with Crippen LogP contribution in [0.25, 0.3) is 0 Å². The maximum atomic E-state index is 12.0. The number of thiazole rings is 1. The van der Waals surface area contributed by atoms with E-state index < -0.39 is 0 Å². The van der Waals surface area contributed by atoms with Gasteiger partial charge in [-0.1, -0.05) is 0 Å². The fourth-order valence-corrected chi connectivity index (χ4v) is 3.45. The van der Waals surface area contributed by atoms with Crippen molar-refractivity contribution in [3.63, 3.8) is 0 Å². The minimum Gasteiger partial charge on any atom is -0.378 e. The SMILES string of the molecule is Cc1[nH]c(=S)sc1CC(=O)NC1CCOC(C)C1. The molecule has 1 fully saturated rings. The molecule has 1 saturated heterocycles. The molecule has 1 aromatic rings. The van der Waals surface area contributed by atoms with Gasteiger partial charge >= 0.3 is 0 Å². The van der Waals surface area contributed by atoms with Gasteiger partial charge in [-0.15, -0.1) is 11.3 Å². The maximum absolute atomic E-state index is 12.0. The Morgan fingerprint density at radius 3 is 3.06 bits per heavy atom. The summed E-state index contributed by atoms with van der Waals surface area (Å²) in [6.45, 7) is 4.72. The van der Waals surface area contributed by atoms with Crippen LogP contribution in [0.3, 0.4) is 0 Å². The van der Waals surface area contributed by atoms with E-state index in [9.17, 15) is 4.79 Å². The molecule has 18 heavy (non-hydrogen) atoms. The number of nitrogens with one attached hydrogen (secondary N) is 2. The molecule has 100 valence electrons. The molecule has 0 aliphatic carbocycles. The summed E-state index contributed by atoms with van der Waals surface area (Å²) in [6.07, 6.45) is 2.45. The van der Waals surface area contributed by atoms with Crippen molar-refractivity contribution < 1.29 is 9.53 Å². The average Bonchev–Trinajstić information content (AvgIpc) is 2.57. The number of aromatic nitrogens is 1. The van der Waals surface area contributed by atoms with Crippen LogP contribution in [0.5, 0.6) is 0 Å². The molecular formula is C12H18N2O2S2. The highest BCUT2D eigenvalue weighted by molar-refractivity contribution is 7.73. The molecule has 1 amide bonds. The van der Waals surface area contributed by atoms with Crippen LogP contribution in [-0.2, 0) is 16.0 Å². The average molecular weight is 286 g/mol. The van der Waals surface area contributed by atoms with E-state index in [1.165, 1.54) is 11.3 Å². The molecule has 0 radical (unpaired) electrons. The van der Waals surface area contributed by atoms with Gasteiger partial charge in [-0.2, -0.15) is 0 Å². The van der Waals surface area contributed by atoms with Gasteiger partial charge in [0.15, 0.2) is 3.95 Å². The van der Waals surface area contributed by atoms with Crippen molar-refractivity contribution in [1.29, 1.82) is 0 Å². The summed E-state index contributed by atoms with van der Waals surface area (Å²) in [6, 6.07) is 0.244. The molecule has 2 atom stereocenters. The van der Waals surface area contributed by atoms with Crippen LogP contribution in [0, 0.1) is 10.9 Å². The Morgan fingerprint density at radius 2 is 2.44 bits per heavy atom. The molecule has 0 aromatic carbocycles. The molecule has 0 spiro atoms. The lowest BCUT2D eigenvalue weighted by atomic mass is 10.0. The van der Waals surface area contributed by atoms with Gasteiger partial charge in [-0.25, -0.2) is 0 Å². The summed E-state index contributed by atoms with van der Waals surface area (Å²) in [4.78, 5) is 16.0. The standard InChI is InChI=1S/C12H18N2O2S2/c1-7-5-9(3-4-16-7)14-11(15)6-10-8(2)13-12(17)18-10/h7,9H,3-6H2,1-2H3,(H,13,17)(H,14,15). The quantitative estimate of drug-likeness (QED) is 0.839. The predicted octanol–water partition coefficient (Wildman–Crippen LogP) is 2.34. The number of rotatable bonds is 3. The molecule has 0 bridgehead atoms. The fraction of sp³-hybridized carbons (Fsp3) is 0.667. The second-order valence-electron chi connectivity index (χ2n) is 4.71. The van der Waals surface area contributed by atoms with Gasteiger partial charge in [0, 0.05) is 23.2 Å². The zero-order valence-electron chi connectivity index (χ0n) is 10.6. The third-order valence-electron chi connectivity index (χ3n) is 3.10. The van der Waals surface area contributed by atoms with Gasteiger partial charge in [0.1, 0.15) is 0 Å². The molecule has 6 heteroatoms. The van der Waals surface area contributed by atoms with E-state index in [1.807, 2.05) is 13.8 Å². The van der Waals surface area contributed by atoms with Crippen LogP contribution in [0.15, 0.2) is 0 Å². The van der Waals surface area contributed by atoms with E-state index in [-0.39, 0.29) is 18.1 Å². The minimum atomic E-state index is 0.0717. The number of ether oxygens (including phenoxy) is 1. The lowest BCUT2D eigenvalue weighted by Crippen LogP contribution is -2.41. The van der Waals surface area contributed by atoms with Gasteiger partial charge in [-0.05, 0) is 38.9 Å².